The molecule has 1 N–H and O–H groups in total. The van der Waals surface area contributed by atoms with Crippen molar-refractivity contribution in [3.63, 3.8) is 0 Å². The third-order valence-corrected chi connectivity index (χ3v) is 6.31. The van der Waals surface area contributed by atoms with Crippen molar-refractivity contribution >= 4 is 19.2 Å². The van der Waals surface area contributed by atoms with Gasteiger partial charge in [-0.2, -0.15) is 0 Å². The third kappa shape index (κ3) is 5.78. The summed E-state index contributed by atoms with van der Waals surface area (Å²) in [6.07, 6.45) is 3.40. The fourth-order valence-electron chi connectivity index (χ4n) is 1.84. The van der Waals surface area contributed by atoms with Gasteiger partial charge in [-0.3, -0.25) is 0 Å². The van der Waals surface area contributed by atoms with E-state index in [2.05, 4.69) is 0 Å². The first kappa shape index (κ1) is 17.3. The summed E-state index contributed by atoms with van der Waals surface area (Å²) in [5.74, 6) is -1.22. The zero-order chi connectivity index (χ0) is 14.3. The normalized spacial score (nSPS) is 13.5. The van der Waals surface area contributed by atoms with Crippen LogP contribution in [0.25, 0.3) is 0 Å². The number of rotatable bonds is 8. The molecule has 0 fully saturated rings. The Labute approximate surface area is 109 Å². The maximum atomic E-state index is 11.2. The van der Waals surface area contributed by atoms with Crippen LogP contribution in [0.5, 0.6) is 0 Å². The summed E-state index contributed by atoms with van der Waals surface area (Å²) >= 11 is 0. The summed E-state index contributed by atoms with van der Waals surface area (Å²) in [7, 11) is -4.15. The first-order chi connectivity index (χ1) is 8.25. The van der Waals surface area contributed by atoms with E-state index in [4.69, 9.17) is 9.05 Å². The van der Waals surface area contributed by atoms with Crippen molar-refractivity contribution in [1.82, 2.24) is 0 Å². The van der Waals surface area contributed by atoms with Crippen molar-refractivity contribution in [2.45, 2.75) is 53.4 Å². The Morgan fingerprint density at radius 3 is 1.50 bits per heavy atom. The Balaban J connectivity index is 5.20. The standard InChI is InChI=1S/C12H25O5P/c1-5-7-9-18(15,10-8-6-2,16-11(3)13)17-12(4)14/h15H,5-10H2,1-4H3. The first-order valence-corrected chi connectivity index (χ1v) is 8.82. The molecule has 0 bridgehead atoms. The van der Waals surface area contributed by atoms with Crippen LogP contribution in [0.2, 0.25) is 0 Å². The second kappa shape index (κ2) is 7.05. The molecule has 0 aromatic carbocycles. The van der Waals surface area contributed by atoms with Gasteiger partial charge in [0.2, 0.25) is 0 Å². The number of hydrogen-bond acceptors (Lipinski definition) is 5. The Hall–Kier alpha value is -0.670. The zero-order valence-electron chi connectivity index (χ0n) is 11.8. The Kier molecular flexibility index (Phi) is 6.79. The number of hydrogen-bond donors (Lipinski definition) is 1. The molecule has 0 unspecified atom stereocenters. The molecule has 0 aliphatic carbocycles. The van der Waals surface area contributed by atoms with Gasteiger partial charge in [0.1, 0.15) is 0 Å². The average Bonchev–Trinajstić information content (AvgIpc) is 2.22. The van der Waals surface area contributed by atoms with Crippen molar-refractivity contribution in [2.24, 2.45) is 0 Å². The van der Waals surface area contributed by atoms with Gasteiger partial charge in [0.25, 0.3) is 0 Å². The Bertz CT molecular complexity index is 275. The molecule has 0 aliphatic heterocycles. The van der Waals surface area contributed by atoms with Crippen LogP contribution < -0.4 is 0 Å². The van der Waals surface area contributed by atoms with E-state index in [9.17, 15) is 14.5 Å². The van der Waals surface area contributed by atoms with Crippen LogP contribution >= 0.6 is 7.28 Å². The fourth-order valence-corrected chi connectivity index (χ4v) is 5.51. The SMILES string of the molecule is CCCCP(O)(CCCC)(OC(C)=O)OC(C)=O. The quantitative estimate of drug-likeness (QED) is 0.692. The molecule has 0 atom stereocenters. The molecule has 0 radical (unpaired) electrons. The summed E-state index contributed by atoms with van der Waals surface area (Å²) < 4.78 is 10.3. The summed E-state index contributed by atoms with van der Waals surface area (Å²) in [5.41, 5.74) is 0. The van der Waals surface area contributed by atoms with E-state index in [1.807, 2.05) is 13.8 Å². The second-order valence-electron chi connectivity index (χ2n) is 4.58. The van der Waals surface area contributed by atoms with Crippen molar-refractivity contribution in [2.75, 3.05) is 12.3 Å². The molecule has 0 saturated heterocycles. The summed E-state index contributed by atoms with van der Waals surface area (Å²) in [4.78, 5) is 33.3. The predicted octanol–water partition coefficient (Wildman–Crippen LogP) is 3.00. The Morgan fingerprint density at radius 1 is 0.944 bits per heavy atom. The molecule has 0 spiro atoms. The number of carbonyl (C=O) groups is 2. The molecule has 0 aliphatic rings. The fraction of sp³-hybridized carbons (Fsp3) is 0.833. The molecule has 108 valence electrons. The van der Waals surface area contributed by atoms with E-state index < -0.39 is 19.2 Å². The van der Waals surface area contributed by atoms with E-state index in [-0.39, 0.29) is 12.3 Å². The molecule has 0 aromatic rings. The van der Waals surface area contributed by atoms with Gasteiger partial charge in [0, 0.05) is 0 Å². The van der Waals surface area contributed by atoms with Crippen LogP contribution in [0.1, 0.15) is 53.4 Å². The van der Waals surface area contributed by atoms with Crippen molar-refractivity contribution in [1.29, 1.82) is 0 Å². The molecule has 0 aromatic heterocycles. The van der Waals surface area contributed by atoms with Gasteiger partial charge in [-0.05, 0) is 0 Å². The van der Waals surface area contributed by atoms with Gasteiger partial charge < -0.3 is 0 Å². The van der Waals surface area contributed by atoms with Crippen LogP contribution in [0.15, 0.2) is 0 Å². The van der Waals surface area contributed by atoms with Crippen molar-refractivity contribution in [3.8, 4) is 0 Å². The monoisotopic (exact) mass is 280 g/mol. The topological polar surface area (TPSA) is 72.8 Å². The van der Waals surface area contributed by atoms with Gasteiger partial charge in [-0.1, -0.05) is 0 Å². The summed E-state index contributed by atoms with van der Waals surface area (Å²) in [6.45, 7) is 6.36. The average molecular weight is 280 g/mol. The zero-order valence-corrected chi connectivity index (χ0v) is 12.7. The number of unbranched alkanes of at least 4 members (excludes halogenated alkanes) is 2. The molecular formula is C12H25O5P. The van der Waals surface area contributed by atoms with Crippen LogP contribution in [-0.2, 0) is 18.6 Å². The minimum atomic E-state index is -4.15. The van der Waals surface area contributed by atoms with Gasteiger partial charge >= 0.3 is 108 Å². The van der Waals surface area contributed by atoms with E-state index in [0.29, 0.717) is 12.8 Å². The van der Waals surface area contributed by atoms with E-state index in [1.165, 1.54) is 13.8 Å². The van der Waals surface area contributed by atoms with Gasteiger partial charge in [-0.15, -0.1) is 0 Å². The van der Waals surface area contributed by atoms with Gasteiger partial charge in [-0.25, -0.2) is 0 Å². The van der Waals surface area contributed by atoms with E-state index >= 15 is 0 Å². The molecule has 0 saturated carbocycles. The molecule has 18 heavy (non-hydrogen) atoms. The van der Waals surface area contributed by atoms with Crippen molar-refractivity contribution < 1.29 is 23.5 Å². The van der Waals surface area contributed by atoms with Crippen LogP contribution in [0.4, 0.5) is 0 Å². The second-order valence-corrected chi connectivity index (χ2v) is 8.36. The first-order valence-electron chi connectivity index (χ1n) is 6.43. The molecule has 0 heterocycles. The van der Waals surface area contributed by atoms with E-state index in [0.717, 1.165) is 12.8 Å². The van der Waals surface area contributed by atoms with Gasteiger partial charge in [0.15, 0.2) is 0 Å². The molecule has 6 heteroatoms. The molecule has 0 rings (SSSR count). The van der Waals surface area contributed by atoms with Crippen LogP contribution in [0.3, 0.4) is 0 Å². The summed E-state index contributed by atoms with van der Waals surface area (Å²) in [5, 5.41) is 0. The molecular weight excluding hydrogens is 255 g/mol. The molecule has 0 amide bonds. The number of carbonyl (C=O) groups excluding carboxylic acids is 2. The van der Waals surface area contributed by atoms with Crippen molar-refractivity contribution in [3.05, 3.63) is 0 Å². The van der Waals surface area contributed by atoms with Crippen LogP contribution in [0, 0.1) is 0 Å². The summed E-state index contributed by atoms with van der Waals surface area (Å²) in [6, 6.07) is 0. The van der Waals surface area contributed by atoms with Gasteiger partial charge in [0.05, 0.1) is 0 Å². The van der Waals surface area contributed by atoms with E-state index in [1.54, 1.807) is 0 Å². The molecule has 5 nitrogen and oxygen atoms in total. The Morgan fingerprint density at radius 2 is 1.28 bits per heavy atom. The maximum absolute atomic E-state index is 11.2. The third-order valence-electron chi connectivity index (χ3n) is 2.58. The minimum absolute atomic E-state index is 0.223. The van der Waals surface area contributed by atoms with Crippen LogP contribution in [-0.4, -0.2) is 29.2 Å². The predicted molar refractivity (Wildman–Crippen MR) is 72.2 cm³/mol.